The van der Waals surface area contributed by atoms with Crippen LogP contribution in [-0.2, 0) is 4.74 Å². The molecule has 0 spiro atoms. The summed E-state index contributed by atoms with van der Waals surface area (Å²) in [4.78, 5) is 13.6. The zero-order valence-corrected chi connectivity index (χ0v) is 12.7. The maximum atomic E-state index is 12.0. The summed E-state index contributed by atoms with van der Waals surface area (Å²) in [7, 11) is 0. The lowest BCUT2D eigenvalue weighted by Crippen LogP contribution is -2.51. The van der Waals surface area contributed by atoms with Crippen molar-refractivity contribution in [1.82, 2.24) is 4.90 Å². The third-order valence-corrected chi connectivity index (χ3v) is 3.63. The Bertz CT molecular complexity index is 324. The first-order valence-electron chi connectivity index (χ1n) is 7.10. The molecule has 0 aromatic rings. The van der Waals surface area contributed by atoms with Crippen LogP contribution in [0.2, 0.25) is 0 Å². The smallest absolute Gasteiger partial charge is 0.410 e. The highest BCUT2D eigenvalue weighted by molar-refractivity contribution is 5.68. The van der Waals surface area contributed by atoms with Gasteiger partial charge in [0.05, 0.1) is 12.2 Å². The molecule has 20 heavy (non-hydrogen) atoms. The van der Waals surface area contributed by atoms with Crippen molar-refractivity contribution in [2.45, 2.75) is 51.9 Å². The Labute approximate surface area is 120 Å². The number of aliphatic hydroxyl groups is 3. The van der Waals surface area contributed by atoms with Gasteiger partial charge in [-0.1, -0.05) is 0 Å². The van der Waals surface area contributed by atoms with E-state index in [1.54, 1.807) is 20.8 Å². The van der Waals surface area contributed by atoms with Crippen LogP contribution in [0.3, 0.4) is 0 Å². The summed E-state index contributed by atoms with van der Waals surface area (Å²) in [5.41, 5.74) is -0.566. The molecule has 0 bridgehead atoms. The van der Waals surface area contributed by atoms with Crippen molar-refractivity contribution in [1.29, 1.82) is 0 Å². The van der Waals surface area contributed by atoms with Crippen molar-refractivity contribution in [3.8, 4) is 0 Å². The number of hydrogen-bond donors (Lipinski definition) is 3. The Balaban J connectivity index is 2.72. The van der Waals surface area contributed by atoms with E-state index in [1.165, 1.54) is 11.8 Å². The highest BCUT2D eigenvalue weighted by atomic mass is 16.6. The zero-order valence-electron chi connectivity index (χ0n) is 12.7. The Hall–Kier alpha value is -0.850. The molecule has 6 nitrogen and oxygen atoms in total. The van der Waals surface area contributed by atoms with Gasteiger partial charge in [0.1, 0.15) is 5.60 Å². The number of likely N-dealkylation sites (tertiary alicyclic amines) is 1. The first-order chi connectivity index (χ1) is 9.15. The van der Waals surface area contributed by atoms with E-state index in [9.17, 15) is 20.1 Å². The average molecular weight is 289 g/mol. The summed E-state index contributed by atoms with van der Waals surface area (Å²) in [5.74, 6) is -0.459. The quantitative estimate of drug-likeness (QED) is 0.707. The number of hydrogen-bond acceptors (Lipinski definition) is 5. The Morgan fingerprint density at radius 2 is 2.00 bits per heavy atom. The number of nitrogens with zero attached hydrogens (tertiary/aromatic N) is 1. The molecule has 118 valence electrons. The summed E-state index contributed by atoms with van der Waals surface area (Å²) in [6.07, 6.45) is -1.69. The van der Waals surface area contributed by atoms with Crippen LogP contribution in [0.25, 0.3) is 0 Å². The molecular formula is C14H27NO5. The van der Waals surface area contributed by atoms with Crippen molar-refractivity contribution in [2.75, 3.05) is 19.7 Å². The second-order valence-corrected chi connectivity index (χ2v) is 6.55. The summed E-state index contributed by atoms with van der Waals surface area (Å²) >= 11 is 0. The van der Waals surface area contributed by atoms with Crippen molar-refractivity contribution in [2.24, 2.45) is 11.8 Å². The molecule has 1 fully saturated rings. The van der Waals surface area contributed by atoms with Crippen LogP contribution in [-0.4, -0.2) is 63.8 Å². The minimum absolute atomic E-state index is 0.0589. The first kappa shape index (κ1) is 17.2. The predicted octanol–water partition coefficient (Wildman–Crippen LogP) is 0.594. The lowest BCUT2D eigenvalue weighted by atomic mass is 9.81. The molecular weight excluding hydrogens is 262 g/mol. The van der Waals surface area contributed by atoms with Gasteiger partial charge in [0.2, 0.25) is 0 Å². The van der Waals surface area contributed by atoms with Crippen LogP contribution >= 0.6 is 0 Å². The third kappa shape index (κ3) is 4.61. The molecule has 1 rings (SSSR count). The van der Waals surface area contributed by atoms with Crippen molar-refractivity contribution >= 4 is 6.09 Å². The minimum atomic E-state index is -0.961. The van der Waals surface area contributed by atoms with E-state index >= 15 is 0 Å². The number of rotatable bonds is 3. The molecule has 0 aliphatic carbocycles. The van der Waals surface area contributed by atoms with Crippen molar-refractivity contribution in [3.05, 3.63) is 0 Å². The van der Waals surface area contributed by atoms with Gasteiger partial charge >= 0.3 is 6.09 Å². The monoisotopic (exact) mass is 289 g/mol. The maximum Gasteiger partial charge on any atom is 0.410 e. The molecule has 1 saturated heterocycles. The molecule has 6 heteroatoms. The van der Waals surface area contributed by atoms with Gasteiger partial charge in [-0.2, -0.15) is 0 Å². The standard InChI is InChI=1S/C14H27NO5/c1-9(17)12(18)11-7-15(6-5-10(11)8-16)13(19)20-14(2,3)4/h9-12,16-18H,5-8H2,1-4H3/t9-,10?,11?,12+/m0/s1. The fourth-order valence-corrected chi connectivity index (χ4v) is 2.49. The average Bonchev–Trinajstić information content (AvgIpc) is 2.34. The topological polar surface area (TPSA) is 90.2 Å². The molecule has 1 heterocycles. The van der Waals surface area contributed by atoms with Crippen molar-refractivity contribution < 1.29 is 24.9 Å². The van der Waals surface area contributed by atoms with E-state index in [0.29, 0.717) is 13.0 Å². The predicted molar refractivity (Wildman–Crippen MR) is 74.2 cm³/mol. The first-order valence-corrected chi connectivity index (χ1v) is 7.10. The molecule has 1 amide bonds. The minimum Gasteiger partial charge on any atom is -0.444 e. The second-order valence-electron chi connectivity index (χ2n) is 6.55. The fraction of sp³-hybridized carbons (Fsp3) is 0.929. The van der Waals surface area contributed by atoms with Gasteiger partial charge in [-0.15, -0.1) is 0 Å². The van der Waals surface area contributed by atoms with Gasteiger partial charge in [0.15, 0.2) is 0 Å². The number of amides is 1. The molecule has 3 N–H and O–H groups in total. The fourth-order valence-electron chi connectivity index (χ4n) is 2.49. The van der Waals surface area contributed by atoms with Crippen LogP contribution < -0.4 is 0 Å². The number of ether oxygens (including phenoxy) is 1. The van der Waals surface area contributed by atoms with Crippen molar-refractivity contribution in [3.63, 3.8) is 0 Å². The zero-order chi connectivity index (χ0) is 15.5. The molecule has 0 radical (unpaired) electrons. The van der Waals surface area contributed by atoms with Gasteiger partial charge in [-0.3, -0.25) is 0 Å². The summed E-state index contributed by atoms with van der Waals surface area (Å²) in [6, 6.07) is 0. The SMILES string of the molecule is C[C@H](O)[C@@H](O)C1CN(C(=O)OC(C)(C)C)CCC1CO. The lowest BCUT2D eigenvalue weighted by Gasteiger charge is -2.41. The van der Waals surface area contributed by atoms with Gasteiger partial charge < -0.3 is 25.0 Å². The Morgan fingerprint density at radius 1 is 1.40 bits per heavy atom. The molecule has 4 atom stereocenters. The van der Waals surface area contributed by atoms with Gasteiger partial charge in [-0.25, -0.2) is 4.79 Å². The normalized spacial score (nSPS) is 27.1. The molecule has 0 aromatic carbocycles. The number of piperidine rings is 1. The molecule has 0 saturated carbocycles. The number of carbonyl (C=O) groups is 1. The van der Waals surface area contributed by atoms with E-state index in [4.69, 9.17) is 4.74 Å². The summed E-state index contributed by atoms with van der Waals surface area (Å²) < 4.78 is 5.31. The van der Waals surface area contributed by atoms with E-state index in [-0.39, 0.29) is 25.0 Å². The van der Waals surface area contributed by atoms with Crippen LogP contribution in [0.5, 0.6) is 0 Å². The van der Waals surface area contributed by atoms with Gasteiger partial charge in [0, 0.05) is 25.6 Å². The van der Waals surface area contributed by atoms with Crippen LogP contribution in [0.4, 0.5) is 4.79 Å². The molecule has 2 unspecified atom stereocenters. The highest BCUT2D eigenvalue weighted by Gasteiger charge is 2.38. The van der Waals surface area contributed by atoms with E-state index < -0.39 is 23.9 Å². The van der Waals surface area contributed by atoms with Crippen LogP contribution in [0, 0.1) is 11.8 Å². The second kappa shape index (κ2) is 6.74. The Morgan fingerprint density at radius 3 is 2.45 bits per heavy atom. The van der Waals surface area contributed by atoms with Crippen LogP contribution in [0.1, 0.15) is 34.1 Å². The lowest BCUT2D eigenvalue weighted by molar-refractivity contribution is -0.0642. The number of aliphatic hydroxyl groups excluding tert-OH is 3. The van der Waals surface area contributed by atoms with E-state index in [0.717, 1.165) is 0 Å². The van der Waals surface area contributed by atoms with Crippen LogP contribution in [0.15, 0.2) is 0 Å². The molecule has 1 aliphatic rings. The summed E-state index contributed by atoms with van der Waals surface area (Å²) in [5, 5.41) is 29.0. The van der Waals surface area contributed by atoms with Gasteiger partial charge in [0.25, 0.3) is 0 Å². The molecule has 0 aromatic heterocycles. The Kier molecular flexibility index (Phi) is 5.79. The van der Waals surface area contributed by atoms with Gasteiger partial charge in [-0.05, 0) is 40.0 Å². The maximum absolute atomic E-state index is 12.0. The largest absolute Gasteiger partial charge is 0.444 e. The molecule has 1 aliphatic heterocycles. The van der Waals surface area contributed by atoms with E-state index in [1.807, 2.05) is 0 Å². The number of carbonyl (C=O) groups excluding carboxylic acids is 1. The van der Waals surface area contributed by atoms with E-state index in [2.05, 4.69) is 0 Å². The summed E-state index contributed by atoms with van der Waals surface area (Å²) in [6.45, 7) is 7.62. The highest BCUT2D eigenvalue weighted by Crippen LogP contribution is 2.28. The third-order valence-electron chi connectivity index (χ3n) is 3.63.